The number of hydrogen-bond acceptors (Lipinski definition) is 5. The van der Waals surface area contributed by atoms with E-state index >= 15 is 0 Å². The van der Waals surface area contributed by atoms with E-state index < -0.39 is 7.12 Å². The molecule has 0 unspecified atom stereocenters. The van der Waals surface area contributed by atoms with Gasteiger partial charge in [-0.25, -0.2) is 0 Å². The minimum Gasteiger partial charge on any atom is -0.423 e. The van der Waals surface area contributed by atoms with E-state index in [-0.39, 0.29) is 0 Å². The second-order valence-corrected chi connectivity index (χ2v) is 4.33. The molecule has 106 valence electrons. The summed E-state index contributed by atoms with van der Waals surface area (Å²) in [5, 5.41) is 18.7. The lowest BCUT2D eigenvalue weighted by Gasteiger charge is -2.23. The third-order valence-corrected chi connectivity index (χ3v) is 2.95. The van der Waals surface area contributed by atoms with Crippen molar-refractivity contribution in [1.82, 2.24) is 4.90 Å². The Morgan fingerprint density at radius 2 is 1.63 bits per heavy atom. The van der Waals surface area contributed by atoms with Crippen molar-refractivity contribution in [2.24, 2.45) is 0 Å². The fraction of sp³-hybridized carbons (Fsp3) is 0.538. The first kappa shape index (κ1) is 16.1. The zero-order valence-electron chi connectivity index (χ0n) is 11.6. The quantitative estimate of drug-likeness (QED) is 0.588. The number of hydrogen-bond donors (Lipinski definition) is 2. The molecule has 0 saturated carbocycles. The van der Waals surface area contributed by atoms with Gasteiger partial charge in [0.25, 0.3) is 0 Å². The van der Waals surface area contributed by atoms with E-state index in [9.17, 15) is 10.0 Å². The van der Waals surface area contributed by atoms with Crippen LogP contribution in [-0.4, -0.2) is 62.6 Å². The Morgan fingerprint density at radius 3 is 2.16 bits per heavy atom. The van der Waals surface area contributed by atoms with Crippen molar-refractivity contribution in [3.8, 4) is 0 Å². The maximum absolute atomic E-state index is 9.36. The Bertz CT molecular complexity index is 354. The maximum atomic E-state index is 9.36. The molecule has 19 heavy (non-hydrogen) atoms. The third-order valence-electron chi connectivity index (χ3n) is 2.95. The van der Waals surface area contributed by atoms with Gasteiger partial charge in [-0.1, -0.05) is 24.3 Å². The molecule has 0 aliphatic heterocycles. The topological polar surface area (TPSA) is 62.2 Å². The molecule has 1 rings (SSSR count). The Labute approximate surface area is 114 Å². The van der Waals surface area contributed by atoms with Crippen LogP contribution in [0.15, 0.2) is 24.3 Å². The first-order chi connectivity index (χ1) is 9.19. The summed E-state index contributed by atoms with van der Waals surface area (Å²) in [5.74, 6) is 0. The highest BCUT2D eigenvalue weighted by Crippen LogP contribution is 2.03. The molecule has 1 aromatic rings. The number of nitrogens with zero attached hydrogens (tertiary/aromatic N) is 1. The van der Waals surface area contributed by atoms with Gasteiger partial charge < -0.3 is 19.5 Å². The van der Waals surface area contributed by atoms with Crippen LogP contribution in [0, 0.1) is 0 Å². The second-order valence-electron chi connectivity index (χ2n) is 4.33. The number of methoxy groups -OCH3 is 2. The maximum Gasteiger partial charge on any atom is 0.488 e. The van der Waals surface area contributed by atoms with Crippen molar-refractivity contribution in [3.63, 3.8) is 0 Å². The average molecular weight is 267 g/mol. The van der Waals surface area contributed by atoms with Crippen molar-refractivity contribution in [2.75, 3.05) is 40.5 Å². The fourth-order valence-corrected chi connectivity index (χ4v) is 1.88. The van der Waals surface area contributed by atoms with Gasteiger partial charge in [0.1, 0.15) is 0 Å². The molecule has 0 saturated heterocycles. The first-order valence-electron chi connectivity index (χ1n) is 6.33. The van der Waals surface area contributed by atoms with Crippen LogP contribution in [0.2, 0.25) is 0 Å². The van der Waals surface area contributed by atoms with Gasteiger partial charge in [-0.15, -0.1) is 0 Å². The summed E-state index contributed by atoms with van der Waals surface area (Å²) >= 11 is 0. The molecule has 0 fully saturated rings. The number of rotatable bonds is 9. The highest BCUT2D eigenvalue weighted by molar-refractivity contribution is 6.59. The number of benzene rings is 1. The van der Waals surface area contributed by atoms with Gasteiger partial charge in [0.15, 0.2) is 0 Å². The van der Waals surface area contributed by atoms with E-state index in [1.807, 2.05) is 12.1 Å². The minimum absolute atomic E-state index is 0.544. The standard InChI is InChI=1S/C13H22BNO4/c1-18-9-7-15(8-10-19-2)11-12-5-3-4-6-13(12)14(16)17/h3-6,16-17H,7-11H2,1-2H3. The molecule has 2 N–H and O–H groups in total. The van der Waals surface area contributed by atoms with Crippen LogP contribution in [0.25, 0.3) is 0 Å². The van der Waals surface area contributed by atoms with Gasteiger partial charge in [0.05, 0.1) is 13.2 Å². The molecule has 0 heterocycles. The van der Waals surface area contributed by atoms with Gasteiger partial charge in [-0.3, -0.25) is 4.90 Å². The summed E-state index contributed by atoms with van der Waals surface area (Å²) in [4.78, 5) is 2.16. The van der Waals surface area contributed by atoms with E-state index in [0.717, 1.165) is 18.7 Å². The van der Waals surface area contributed by atoms with Gasteiger partial charge in [0.2, 0.25) is 0 Å². The third kappa shape index (κ3) is 5.71. The van der Waals surface area contributed by atoms with Crippen LogP contribution in [-0.2, 0) is 16.0 Å². The van der Waals surface area contributed by atoms with Gasteiger partial charge in [-0.2, -0.15) is 0 Å². The molecule has 0 bridgehead atoms. The van der Waals surface area contributed by atoms with Crippen LogP contribution >= 0.6 is 0 Å². The van der Waals surface area contributed by atoms with E-state index in [0.29, 0.717) is 25.2 Å². The molecule has 1 aromatic carbocycles. The summed E-state index contributed by atoms with van der Waals surface area (Å²) in [6.07, 6.45) is 0. The smallest absolute Gasteiger partial charge is 0.423 e. The average Bonchev–Trinajstić information content (AvgIpc) is 2.42. The normalized spacial score (nSPS) is 11.0. The summed E-state index contributed by atoms with van der Waals surface area (Å²) in [5.41, 5.74) is 1.45. The van der Waals surface area contributed by atoms with Crippen LogP contribution in [0.1, 0.15) is 5.56 Å². The van der Waals surface area contributed by atoms with E-state index in [1.165, 1.54) is 0 Å². The molecule has 0 spiro atoms. The zero-order chi connectivity index (χ0) is 14.1. The second kappa shape index (κ2) is 9.06. The van der Waals surface area contributed by atoms with Crippen molar-refractivity contribution >= 4 is 12.6 Å². The molecule has 0 amide bonds. The van der Waals surface area contributed by atoms with Gasteiger partial charge in [0, 0.05) is 33.9 Å². The largest absolute Gasteiger partial charge is 0.488 e. The first-order valence-corrected chi connectivity index (χ1v) is 6.33. The molecule has 6 heteroatoms. The lowest BCUT2D eigenvalue weighted by Crippen LogP contribution is -2.37. The Hall–Kier alpha value is -0.915. The lowest BCUT2D eigenvalue weighted by atomic mass is 9.77. The lowest BCUT2D eigenvalue weighted by molar-refractivity contribution is 0.110. The molecule has 0 aliphatic rings. The predicted octanol–water partition coefficient (Wildman–Crippen LogP) is -0.539. The molecule has 0 aromatic heterocycles. The summed E-state index contributed by atoms with van der Waals surface area (Å²) in [6.45, 7) is 3.45. The molecular formula is C13H22BNO4. The van der Waals surface area contributed by atoms with E-state index in [2.05, 4.69) is 4.90 Å². The number of ether oxygens (including phenoxy) is 2. The van der Waals surface area contributed by atoms with Crippen molar-refractivity contribution in [2.45, 2.75) is 6.54 Å². The van der Waals surface area contributed by atoms with Gasteiger partial charge >= 0.3 is 7.12 Å². The van der Waals surface area contributed by atoms with Crippen molar-refractivity contribution in [3.05, 3.63) is 29.8 Å². The molecule has 0 atom stereocenters. The van der Waals surface area contributed by atoms with Gasteiger partial charge in [-0.05, 0) is 11.0 Å². The predicted molar refractivity (Wildman–Crippen MR) is 75.3 cm³/mol. The zero-order valence-corrected chi connectivity index (χ0v) is 11.6. The highest BCUT2D eigenvalue weighted by Gasteiger charge is 2.16. The van der Waals surface area contributed by atoms with Crippen LogP contribution < -0.4 is 5.46 Å². The van der Waals surface area contributed by atoms with Crippen molar-refractivity contribution in [1.29, 1.82) is 0 Å². The van der Waals surface area contributed by atoms with E-state index in [4.69, 9.17) is 9.47 Å². The Kier molecular flexibility index (Phi) is 7.70. The monoisotopic (exact) mass is 267 g/mol. The summed E-state index contributed by atoms with van der Waals surface area (Å²) < 4.78 is 10.2. The molecule has 0 radical (unpaired) electrons. The van der Waals surface area contributed by atoms with E-state index in [1.54, 1.807) is 26.4 Å². The molecular weight excluding hydrogens is 245 g/mol. The molecule has 0 aliphatic carbocycles. The van der Waals surface area contributed by atoms with Crippen molar-refractivity contribution < 1.29 is 19.5 Å². The van der Waals surface area contributed by atoms with Crippen LogP contribution in [0.5, 0.6) is 0 Å². The molecule has 5 nitrogen and oxygen atoms in total. The Morgan fingerprint density at radius 1 is 1.05 bits per heavy atom. The summed E-state index contributed by atoms with van der Waals surface area (Å²) in [7, 11) is 1.89. The highest BCUT2D eigenvalue weighted by atomic mass is 16.5. The van der Waals surface area contributed by atoms with Crippen LogP contribution in [0.3, 0.4) is 0 Å². The fourth-order valence-electron chi connectivity index (χ4n) is 1.88. The summed E-state index contributed by atoms with van der Waals surface area (Å²) in [6, 6.07) is 7.32. The Balaban J connectivity index is 2.71. The SMILES string of the molecule is COCCN(CCOC)Cc1ccccc1B(O)O. The minimum atomic E-state index is -1.44. The van der Waals surface area contributed by atoms with Crippen LogP contribution in [0.4, 0.5) is 0 Å².